The third-order valence-corrected chi connectivity index (χ3v) is 4.96. The van der Waals surface area contributed by atoms with Crippen LogP contribution >= 0.6 is 28.3 Å². The van der Waals surface area contributed by atoms with Crippen LogP contribution in [0.5, 0.6) is 5.75 Å². The van der Waals surface area contributed by atoms with Gasteiger partial charge in [0.1, 0.15) is 5.75 Å². The molecule has 2 atom stereocenters. The molecule has 1 aliphatic heterocycles. The fourth-order valence-corrected chi connectivity index (χ4v) is 3.09. The molecular weight excluding hydrogens is 380 g/mol. The lowest BCUT2D eigenvalue weighted by Crippen LogP contribution is -2.45. The largest absolute Gasteiger partial charge is 0.479 e. The highest BCUT2D eigenvalue weighted by Gasteiger charge is 2.38. The van der Waals surface area contributed by atoms with Crippen molar-refractivity contribution in [2.24, 2.45) is 17.1 Å². The lowest BCUT2D eigenvalue weighted by molar-refractivity contribution is -0.140. The van der Waals surface area contributed by atoms with Gasteiger partial charge in [0.25, 0.3) is 5.91 Å². The first-order valence-corrected chi connectivity index (χ1v) is 8.55. The van der Waals surface area contributed by atoms with E-state index in [1.54, 1.807) is 0 Å². The molecule has 1 amide bonds. The Labute approximate surface area is 153 Å². The molecule has 2 unspecified atom stereocenters. The van der Waals surface area contributed by atoms with Gasteiger partial charge in [0.2, 0.25) is 0 Å². The predicted octanol–water partition coefficient (Wildman–Crippen LogP) is 3.47. The van der Waals surface area contributed by atoms with Crippen LogP contribution in [-0.4, -0.2) is 36.5 Å². The lowest BCUT2D eigenvalue weighted by Gasteiger charge is -2.28. The van der Waals surface area contributed by atoms with Gasteiger partial charge in [0.05, 0.1) is 4.47 Å². The van der Waals surface area contributed by atoms with Crippen LogP contribution in [0.4, 0.5) is 0 Å². The van der Waals surface area contributed by atoms with Crippen LogP contribution < -0.4 is 10.5 Å². The maximum absolute atomic E-state index is 12.9. The quantitative estimate of drug-likeness (QED) is 0.816. The highest BCUT2D eigenvalue weighted by molar-refractivity contribution is 9.10. The van der Waals surface area contributed by atoms with Crippen molar-refractivity contribution in [3.05, 3.63) is 28.7 Å². The van der Waals surface area contributed by atoms with Gasteiger partial charge in [-0.05, 0) is 52.4 Å². The first-order valence-electron chi connectivity index (χ1n) is 7.76. The van der Waals surface area contributed by atoms with Gasteiger partial charge in [-0.3, -0.25) is 4.79 Å². The van der Waals surface area contributed by atoms with E-state index in [-0.39, 0.29) is 29.6 Å². The molecule has 0 saturated carbocycles. The fourth-order valence-electron chi connectivity index (χ4n) is 2.71. The van der Waals surface area contributed by atoms with Gasteiger partial charge >= 0.3 is 0 Å². The number of carbonyl (C=O) groups excluding carboxylic acids is 1. The van der Waals surface area contributed by atoms with Crippen LogP contribution in [0, 0.1) is 11.3 Å². The number of nitrogens with zero attached hydrogens (tertiary/aromatic N) is 1. The third kappa shape index (κ3) is 4.85. The summed E-state index contributed by atoms with van der Waals surface area (Å²) in [5.41, 5.74) is 5.87. The van der Waals surface area contributed by atoms with E-state index in [4.69, 9.17) is 10.5 Å². The third-order valence-electron chi connectivity index (χ3n) is 4.30. The maximum Gasteiger partial charge on any atom is 0.263 e. The number of hydrogen-bond donors (Lipinski definition) is 1. The normalized spacial score (nSPS) is 21.9. The summed E-state index contributed by atoms with van der Waals surface area (Å²) in [7, 11) is 0. The minimum absolute atomic E-state index is 0. The zero-order chi connectivity index (χ0) is 16.3. The number of benzene rings is 1. The van der Waals surface area contributed by atoms with E-state index < -0.39 is 6.10 Å². The second-order valence-corrected chi connectivity index (χ2v) is 7.59. The number of ether oxygens (including phenoxy) is 1. The Bertz CT molecular complexity index is 541. The van der Waals surface area contributed by atoms with Gasteiger partial charge in [-0.1, -0.05) is 32.9 Å². The molecule has 1 saturated heterocycles. The Morgan fingerprint density at radius 2 is 2.09 bits per heavy atom. The van der Waals surface area contributed by atoms with Crippen molar-refractivity contribution in [3.8, 4) is 5.75 Å². The van der Waals surface area contributed by atoms with Crippen molar-refractivity contribution in [1.82, 2.24) is 4.90 Å². The van der Waals surface area contributed by atoms with E-state index in [2.05, 4.69) is 22.9 Å². The number of hydrogen-bond acceptors (Lipinski definition) is 3. The van der Waals surface area contributed by atoms with Gasteiger partial charge in [-0.15, -0.1) is 12.4 Å². The Hall–Kier alpha value is -0.780. The van der Waals surface area contributed by atoms with Crippen molar-refractivity contribution in [3.63, 3.8) is 0 Å². The van der Waals surface area contributed by atoms with E-state index in [1.807, 2.05) is 43.0 Å². The molecule has 1 fully saturated rings. The lowest BCUT2D eigenvalue weighted by atomic mass is 9.90. The summed E-state index contributed by atoms with van der Waals surface area (Å²) in [6, 6.07) is 7.62. The number of para-hydroxylation sites is 1. The molecule has 1 aromatic rings. The second kappa shape index (κ2) is 8.36. The van der Waals surface area contributed by atoms with Crippen LogP contribution in [0.3, 0.4) is 0 Å². The number of rotatable bonds is 5. The Kier molecular flexibility index (Phi) is 7.36. The molecule has 23 heavy (non-hydrogen) atoms. The molecule has 0 radical (unpaired) electrons. The Morgan fingerprint density at radius 3 is 2.61 bits per heavy atom. The van der Waals surface area contributed by atoms with Crippen molar-refractivity contribution in [2.45, 2.75) is 33.3 Å². The molecule has 2 N–H and O–H groups in total. The molecule has 1 heterocycles. The number of halogens is 2. The van der Waals surface area contributed by atoms with Crippen LogP contribution in [0.15, 0.2) is 28.7 Å². The van der Waals surface area contributed by atoms with E-state index in [1.165, 1.54) is 0 Å². The highest BCUT2D eigenvalue weighted by atomic mass is 79.9. The van der Waals surface area contributed by atoms with E-state index in [9.17, 15) is 4.79 Å². The summed E-state index contributed by atoms with van der Waals surface area (Å²) in [4.78, 5) is 14.7. The summed E-state index contributed by atoms with van der Waals surface area (Å²) in [5.74, 6) is 0.864. The molecule has 0 aliphatic carbocycles. The number of amides is 1. The van der Waals surface area contributed by atoms with Crippen LogP contribution in [0.1, 0.15) is 27.2 Å². The summed E-state index contributed by atoms with van der Waals surface area (Å²) < 4.78 is 6.88. The molecule has 1 aromatic carbocycles. The van der Waals surface area contributed by atoms with Crippen molar-refractivity contribution in [2.75, 3.05) is 19.6 Å². The number of carbonyl (C=O) groups is 1. The predicted molar refractivity (Wildman–Crippen MR) is 99.0 cm³/mol. The first-order chi connectivity index (χ1) is 10.4. The molecule has 130 valence electrons. The molecule has 4 nitrogen and oxygen atoms in total. The van der Waals surface area contributed by atoms with E-state index in [0.717, 1.165) is 17.4 Å². The average molecular weight is 406 g/mol. The second-order valence-electron chi connectivity index (χ2n) is 6.74. The molecule has 0 bridgehead atoms. The van der Waals surface area contributed by atoms with Gasteiger partial charge in [0, 0.05) is 13.1 Å². The van der Waals surface area contributed by atoms with Crippen molar-refractivity contribution < 1.29 is 9.53 Å². The molecule has 6 heteroatoms. The van der Waals surface area contributed by atoms with Crippen molar-refractivity contribution >= 4 is 34.2 Å². The molecule has 0 spiro atoms. The van der Waals surface area contributed by atoms with Crippen LogP contribution in [0.2, 0.25) is 0 Å². The smallest absolute Gasteiger partial charge is 0.263 e. The summed E-state index contributed by atoms with van der Waals surface area (Å²) in [6.07, 6.45) is 0.480. The topological polar surface area (TPSA) is 55.6 Å². The van der Waals surface area contributed by atoms with Crippen LogP contribution in [-0.2, 0) is 4.79 Å². The average Bonchev–Trinajstić information content (AvgIpc) is 2.89. The summed E-state index contributed by atoms with van der Waals surface area (Å²) in [6.45, 7) is 8.24. The monoisotopic (exact) mass is 404 g/mol. The number of nitrogens with two attached hydrogens (primary N) is 1. The van der Waals surface area contributed by atoms with Crippen molar-refractivity contribution in [1.29, 1.82) is 0 Å². The summed E-state index contributed by atoms with van der Waals surface area (Å²) in [5, 5.41) is 0. The summed E-state index contributed by atoms with van der Waals surface area (Å²) >= 11 is 3.47. The Morgan fingerprint density at radius 1 is 1.43 bits per heavy atom. The molecule has 1 aliphatic rings. The van der Waals surface area contributed by atoms with Crippen LogP contribution in [0.25, 0.3) is 0 Å². The fraction of sp³-hybridized carbons (Fsp3) is 0.588. The van der Waals surface area contributed by atoms with E-state index >= 15 is 0 Å². The highest BCUT2D eigenvalue weighted by Crippen LogP contribution is 2.31. The number of likely N-dealkylation sites (tertiary alicyclic amines) is 1. The van der Waals surface area contributed by atoms with Gasteiger partial charge in [-0.2, -0.15) is 0 Å². The zero-order valence-corrected chi connectivity index (χ0v) is 16.3. The minimum Gasteiger partial charge on any atom is -0.479 e. The molecule has 2 rings (SSSR count). The zero-order valence-electron chi connectivity index (χ0n) is 13.9. The van der Waals surface area contributed by atoms with E-state index in [0.29, 0.717) is 18.8 Å². The maximum atomic E-state index is 12.9. The molecular formula is C17H26BrClN2O2. The van der Waals surface area contributed by atoms with Gasteiger partial charge < -0.3 is 15.4 Å². The minimum atomic E-state index is -0.473. The SMILES string of the molecule is CC(C)C(Oc1ccccc1Br)C(=O)N1CCC(C)(CN)C1.Cl. The molecule has 0 aromatic heterocycles. The Balaban J connectivity index is 0.00000264. The first kappa shape index (κ1) is 20.3. The van der Waals surface area contributed by atoms with Gasteiger partial charge in [0.15, 0.2) is 6.10 Å². The van der Waals surface area contributed by atoms with Gasteiger partial charge in [-0.25, -0.2) is 0 Å². The standard InChI is InChI=1S/C17H25BrN2O2.ClH/c1-12(2)15(22-14-7-5-4-6-13(14)18)16(21)20-9-8-17(3,10-19)11-20;/h4-7,12,15H,8-11,19H2,1-3H3;1H.